The van der Waals surface area contributed by atoms with Crippen LogP contribution in [0.5, 0.6) is 5.75 Å². The van der Waals surface area contributed by atoms with Gasteiger partial charge in [0, 0.05) is 54.9 Å². The number of amides is 1. The van der Waals surface area contributed by atoms with E-state index >= 15 is 0 Å². The van der Waals surface area contributed by atoms with Crippen molar-refractivity contribution in [2.24, 2.45) is 0 Å². The molecule has 1 aromatic heterocycles. The first-order valence-electron chi connectivity index (χ1n) is 13.3. The molecule has 0 unspecified atom stereocenters. The van der Waals surface area contributed by atoms with Crippen LogP contribution in [-0.4, -0.2) is 85.6 Å². The molecule has 1 aliphatic heterocycles. The largest absolute Gasteiger partial charge is 0.489 e. The maximum Gasteiger partial charge on any atom is 0.324 e. The molecule has 0 aliphatic carbocycles. The van der Waals surface area contributed by atoms with E-state index in [4.69, 9.17) is 9.47 Å². The average Bonchev–Trinajstić information content (AvgIpc) is 2.96. The average molecular weight is 569 g/mol. The Morgan fingerprint density at radius 1 is 1.02 bits per heavy atom. The van der Waals surface area contributed by atoms with E-state index in [1.165, 1.54) is 11.4 Å². The molecule has 1 fully saturated rings. The number of nitrogens with zero attached hydrogens (tertiary/aromatic N) is 3. The maximum atomic E-state index is 12.9. The van der Waals surface area contributed by atoms with Gasteiger partial charge in [0.25, 0.3) is 5.91 Å². The number of carbonyl (C=O) groups is 2. The highest BCUT2D eigenvalue weighted by molar-refractivity contribution is 7.89. The number of piperazine rings is 1. The first-order chi connectivity index (χ1) is 19.1. The number of benzene rings is 2. The van der Waals surface area contributed by atoms with Gasteiger partial charge in [0.2, 0.25) is 10.0 Å². The van der Waals surface area contributed by atoms with Crippen molar-refractivity contribution in [1.82, 2.24) is 19.5 Å². The van der Waals surface area contributed by atoms with Gasteiger partial charge in [0.15, 0.2) is 0 Å². The smallest absolute Gasteiger partial charge is 0.324 e. The Labute approximate surface area is 235 Å². The van der Waals surface area contributed by atoms with Gasteiger partial charge in [-0.05, 0) is 57.2 Å². The molecule has 0 spiro atoms. The zero-order chi connectivity index (χ0) is 28.9. The van der Waals surface area contributed by atoms with Crippen molar-refractivity contribution in [2.45, 2.75) is 38.7 Å². The molecular formula is C29H36N4O6S. The number of pyridine rings is 1. The van der Waals surface area contributed by atoms with E-state index in [1.807, 2.05) is 42.2 Å². The van der Waals surface area contributed by atoms with Gasteiger partial charge < -0.3 is 14.8 Å². The number of rotatable bonds is 10. The third-order valence-electron chi connectivity index (χ3n) is 7.04. The number of hydrogen-bond donors (Lipinski definition) is 1. The fraction of sp³-hybridized carbons (Fsp3) is 0.414. The zero-order valence-electron chi connectivity index (χ0n) is 23.3. The predicted molar refractivity (Wildman–Crippen MR) is 153 cm³/mol. The minimum atomic E-state index is -3.36. The number of nitrogens with one attached hydrogen (secondary N) is 1. The summed E-state index contributed by atoms with van der Waals surface area (Å²) in [5.74, 6) is -0.197. The second-order valence-corrected chi connectivity index (χ2v) is 12.5. The number of fused-ring (bicyclic) bond motifs is 1. The van der Waals surface area contributed by atoms with Crippen LogP contribution in [0.4, 0.5) is 0 Å². The van der Waals surface area contributed by atoms with Crippen LogP contribution in [0.1, 0.15) is 35.5 Å². The lowest BCUT2D eigenvalue weighted by Gasteiger charge is -2.38. The lowest BCUT2D eigenvalue weighted by atomic mass is 10.1. The summed E-state index contributed by atoms with van der Waals surface area (Å²) in [6, 6.07) is 16.0. The molecule has 2 aromatic carbocycles. The highest BCUT2D eigenvalue weighted by Crippen LogP contribution is 2.21. The number of carbonyl (C=O) groups excluding carboxylic acids is 2. The van der Waals surface area contributed by atoms with Gasteiger partial charge in [0.05, 0.1) is 17.9 Å². The quantitative estimate of drug-likeness (QED) is 0.371. The lowest BCUT2D eigenvalue weighted by molar-refractivity contribution is -0.147. The predicted octanol–water partition coefficient (Wildman–Crippen LogP) is 2.75. The first kappa shape index (κ1) is 29.4. The minimum Gasteiger partial charge on any atom is -0.489 e. The topological polar surface area (TPSA) is 118 Å². The molecule has 1 N–H and O–H groups in total. The molecule has 4 rings (SSSR count). The zero-order valence-corrected chi connectivity index (χ0v) is 24.1. The van der Waals surface area contributed by atoms with Crippen molar-refractivity contribution in [2.75, 3.05) is 39.8 Å². The number of ether oxygens (including phenoxy) is 2. The highest BCUT2D eigenvalue weighted by Gasteiger charge is 2.34. The van der Waals surface area contributed by atoms with Gasteiger partial charge in [0.1, 0.15) is 18.4 Å². The standard InChI is InChI=1S/C29H36N4O6S/c1-20(2)40(36,37)33-15-13-32(14-16-33)27(29(35)38-4)18-30-28(34)22-9-11-24(12-10-22)39-19-23-17-21(3)31-26-8-6-5-7-25(23)26/h5-12,17,20,27H,13-16,18-19H2,1-4H3,(H,30,34)/t27-/m0/s1. The van der Waals surface area contributed by atoms with E-state index in [1.54, 1.807) is 38.1 Å². The van der Waals surface area contributed by atoms with Crippen LogP contribution in [0.2, 0.25) is 0 Å². The molecule has 1 atom stereocenters. The molecule has 1 saturated heterocycles. The summed E-state index contributed by atoms with van der Waals surface area (Å²) in [5.41, 5.74) is 3.29. The van der Waals surface area contributed by atoms with Crippen molar-refractivity contribution in [3.8, 4) is 5.75 Å². The Balaban J connectivity index is 1.34. The third-order valence-corrected chi connectivity index (χ3v) is 9.32. The molecule has 0 bridgehead atoms. The van der Waals surface area contributed by atoms with Crippen LogP contribution >= 0.6 is 0 Å². The fourth-order valence-electron chi connectivity index (χ4n) is 4.73. The first-order valence-corrected chi connectivity index (χ1v) is 14.8. The van der Waals surface area contributed by atoms with Crippen molar-refractivity contribution < 1.29 is 27.5 Å². The SMILES string of the molecule is COC(=O)[C@H](CNC(=O)c1ccc(OCc2cc(C)nc3ccccc23)cc1)N1CCN(S(=O)(=O)C(C)C)CC1. The van der Waals surface area contributed by atoms with Gasteiger partial charge in [-0.1, -0.05) is 18.2 Å². The molecule has 214 valence electrons. The summed E-state index contributed by atoms with van der Waals surface area (Å²) in [5, 5.41) is 3.34. The van der Waals surface area contributed by atoms with Gasteiger partial charge in [-0.2, -0.15) is 4.31 Å². The molecule has 0 saturated carbocycles. The fourth-order valence-corrected chi connectivity index (χ4v) is 6.00. The highest BCUT2D eigenvalue weighted by atomic mass is 32.2. The Morgan fingerprint density at radius 2 is 1.70 bits per heavy atom. The number of esters is 1. The molecule has 0 radical (unpaired) electrons. The number of hydrogen-bond acceptors (Lipinski definition) is 8. The van der Waals surface area contributed by atoms with Crippen LogP contribution in [0.3, 0.4) is 0 Å². The van der Waals surface area contributed by atoms with Crippen molar-refractivity contribution >= 4 is 32.8 Å². The number of aromatic nitrogens is 1. The van der Waals surface area contributed by atoms with E-state index in [9.17, 15) is 18.0 Å². The molecule has 10 nitrogen and oxygen atoms in total. The third kappa shape index (κ3) is 6.78. The number of methoxy groups -OCH3 is 1. The van der Waals surface area contributed by atoms with Crippen molar-refractivity contribution in [3.63, 3.8) is 0 Å². The normalized spacial score (nSPS) is 15.6. The van der Waals surface area contributed by atoms with Gasteiger partial charge >= 0.3 is 5.97 Å². The van der Waals surface area contributed by atoms with E-state index in [2.05, 4.69) is 10.3 Å². The van der Waals surface area contributed by atoms with E-state index in [-0.39, 0.29) is 25.5 Å². The van der Waals surface area contributed by atoms with Gasteiger partial charge in [-0.25, -0.2) is 8.42 Å². The second-order valence-electron chi connectivity index (χ2n) is 10.0. The Morgan fingerprint density at radius 3 is 2.35 bits per heavy atom. The van der Waals surface area contributed by atoms with Crippen LogP contribution in [-0.2, 0) is 26.2 Å². The van der Waals surface area contributed by atoms with Gasteiger partial charge in [-0.15, -0.1) is 0 Å². The van der Waals surface area contributed by atoms with E-state index in [0.29, 0.717) is 31.0 Å². The molecule has 1 aliphatic rings. The molecule has 2 heterocycles. The second kappa shape index (κ2) is 12.8. The minimum absolute atomic E-state index is 0.0369. The number of aryl methyl sites for hydroxylation is 1. The van der Waals surface area contributed by atoms with Gasteiger partial charge in [-0.3, -0.25) is 19.5 Å². The summed E-state index contributed by atoms with van der Waals surface area (Å²) in [7, 11) is -2.07. The summed E-state index contributed by atoms with van der Waals surface area (Å²) >= 11 is 0. The molecule has 40 heavy (non-hydrogen) atoms. The van der Waals surface area contributed by atoms with Crippen LogP contribution in [0.25, 0.3) is 10.9 Å². The van der Waals surface area contributed by atoms with Crippen LogP contribution in [0, 0.1) is 6.92 Å². The van der Waals surface area contributed by atoms with Crippen molar-refractivity contribution in [3.05, 3.63) is 71.4 Å². The Hall–Kier alpha value is -3.54. The summed E-state index contributed by atoms with van der Waals surface area (Å²) in [4.78, 5) is 31.8. The van der Waals surface area contributed by atoms with E-state index < -0.39 is 27.3 Å². The van der Waals surface area contributed by atoms with Crippen LogP contribution < -0.4 is 10.1 Å². The lowest BCUT2D eigenvalue weighted by Crippen LogP contribution is -2.57. The number of sulfonamides is 1. The number of para-hydroxylation sites is 1. The molecule has 11 heteroatoms. The molecular weight excluding hydrogens is 532 g/mol. The van der Waals surface area contributed by atoms with E-state index in [0.717, 1.165) is 22.2 Å². The van der Waals surface area contributed by atoms with Crippen molar-refractivity contribution in [1.29, 1.82) is 0 Å². The maximum absolute atomic E-state index is 12.9. The monoisotopic (exact) mass is 568 g/mol. The Kier molecular flexibility index (Phi) is 9.39. The summed E-state index contributed by atoms with van der Waals surface area (Å²) in [6.07, 6.45) is 0. The summed E-state index contributed by atoms with van der Waals surface area (Å²) in [6.45, 7) is 6.92. The summed E-state index contributed by atoms with van der Waals surface area (Å²) < 4.78 is 37.3. The Bertz CT molecular complexity index is 1450. The van der Waals surface area contributed by atoms with Crippen LogP contribution in [0.15, 0.2) is 54.6 Å². The molecule has 3 aromatic rings. The molecule has 1 amide bonds.